The highest BCUT2D eigenvalue weighted by Crippen LogP contribution is 2.26. The molecule has 0 spiro atoms. The highest BCUT2D eigenvalue weighted by Gasteiger charge is 2.31. The van der Waals surface area contributed by atoms with Crippen LogP contribution in [-0.4, -0.2) is 39.8 Å². The molecule has 0 aliphatic carbocycles. The van der Waals surface area contributed by atoms with Gasteiger partial charge in [0.2, 0.25) is 0 Å². The van der Waals surface area contributed by atoms with Crippen LogP contribution in [0.2, 0.25) is 5.02 Å². The third kappa shape index (κ3) is 2.86. The molecule has 0 saturated carbocycles. The number of nitriles is 1. The minimum atomic E-state index is -0.640. The van der Waals surface area contributed by atoms with E-state index in [4.69, 9.17) is 16.9 Å². The van der Waals surface area contributed by atoms with Crippen LogP contribution in [0.4, 0.5) is 5.69 Å². The summed E-state index contributed by atoms with van der Waals surface area (Å²) >= 11 is 7.31. The zero-order valence-corrected chi connectivity index (χ0v) is 11.9. The second-order valence-electron chi connectivity index (χ2n) is 4.14. The Balaban J connectivity index is 2.38. The van der Waals surface area contributed by atoms with Crippen molar-refractivity contribution in [3.05, 3.63) is 38.9 Å². The molecule has 1 atom stereocenters. The number of hydrogen-bond acceptors (Lipinski definition) is 5. The van der Waals surface area contributed by atoms with E-state index in [2.05, 4.69) is 6.07 Å². The molecule has 0 unspecified atom stereocenters. The molecule has 0 N–H and O–H groups in total. The summed E-state index contributed by atoms with van der Waals surface area (Å²) in [5.74, 6) is 0.731. The quantitative estimate of drug-likeness (QED) is 0.618. The third-order valence-electron chi connectivity index (χ3n) is 2.93. The number of halogens is 1. The van der Waals surface area contributed by atoms with Crippen LogP contribution in [-0.2, 0) is 0 Å². The molecule has 0 radical (unpaired) electrons. The Kier molecular flexibility index (Phi) is 4.47. The molecule has 1 saturated heterocycles. The van der Waals surface area contributed by atoms with Crippen LogP contribution in [0.3, 0.4) is 0 Å². The van der Waals surface area contributed by atoms with Gasteiger partial charge in [-0.2, -0.15) is 17.0 Å². The lowest BCUT2D eigenvalue weighted by Gasteiger charge is -2.30. The van der Waals surface area contributed by atoms with Gasteiger partial charge < -0.3 is 4.90 Å². The summed E-state index contributed by atoms with van der Waals surface area (Å²) in [6.45, 7) is 0.404. The number of carbonyl (C=O) groups excluding carboxylic acids is 1. The first-order chi connectivity index (χ1) is 9.54. The standard InChI is InChI=1S/C12H10ClN3O3S/c13-8-1-2-10(11(5-8)16(18)19)12(17)15-3-4-20-7-9(15)6-14/h1-2,5,9H,3-4,7H2/t9-/m0/s1. The van der Waals surface area contributed by atoms with Gasteiger partial charge in [0.05, 0.1) is 11.0 Å². The van der Waals surface area contributed by atoms with Crippen LogP contribution in [0.1, 0.15) is 10.4 Å². The normalized spacial score (nSPS) is 18.4. The fourth-order valence-corrected chi connectivity index (χ4v) is 3.08. The molecule has 6 nitrogen and oxygen atoms in total. The van der Waals surface area contributed by atoms with E-state index in [1.54, 1.807) is 11.8 Å². The van der Waals surface area contributed by atoms with Gasteiger partial charge in [0, 0.05) is 29.1 Å². The number of thioether (sulfide) groups is 1. The summed E-state index contributed by atoms with van der Waals surface area (Å²) in [4.78, 5) is 24.2. The van der Waals surface area contributed by atoms with Gasteiger partial charge in [0.1, 0.15) is 11.6 Å². The number of nitro groups is 1. The molecule has 1 aromatic rings. The zero-order chi connectivity index (χ0) is 14.7. The first-order valence-electron chi connectivity index (χ1n) is 5.77. The van der Waals surface area contributed by atoms with Crippen LogP contribution in [0.15, 0.2) is 18.2 Å². The molecule has 0 bridgehead atoms. The van der Waals surface area contributed by atoms with E-state index in [1.165, 1.54) is 17.0 Å². The van der Waals surface area contributed by atoms with Gasteiger partial charge in [0.15, 0.2) is 0 Å². The molecule has 1 heterocycles. The van der Waals surface area contributed by atoms with Crippen molar-refractivity contribution in [3.63, 3.8) is 0 Å². The van der Waals surface area contributed by atoms with Crippen LogP contribution in [0.5, 0.6) is 0 Å². The first kappa shape index (κ1) is 14.6. The Morgan fingerprint density at radius 3 is 3.00 bits per heavy atom. The molecule has 1 aliphatic heterocycles. The topological polar surface area (TPSA) is 87.2 Å². The second-order valence-corrected chi connectivity index (χ2v) is 5.72. The van der Waals surface area contributed by atoms with E-state index in [-0.39, 0.29) is 16.3 Å². The van der Waals surface area contributed by atoms with E-state index in [9.17, 15) is 14.9 Å². The molecule has 1 aromatic carbocycles. The molecule has 2 rings (SSSR count). The molecule has 1 amide bonds. The molecule has 8 heteroatoms. The SMILES string of the molecule is N#C[C@H]1CSCCN1C(=O)c1ccc(Cl)cc1[N+](=O)[O-]. The second kappa shape index (κ2) is 6.11. The van der Waals surface area contributed by atoms with Crippen molar-refractivity contribution in [3.8, 4) is 6.07 Å². The summed E-state index contributed by atoms with van der Waals surface area (Å²) in [5, 5.41) is 20.3. The van der Waals surface area contributed by atoms with Crippen molar-refractivity contribution in [2.24, 2.45) is 0 Å². The average molecular weight is 312 g/mol. The Morgan fingerprint density at radius 2 is 2.35 bits per heavy atom. The highest BCUT2D eigenvalue weighted by molar-refractivity contribution is 7.99. The number of nitro benzene ring substituents is 1. The Morgan fingerprint density at radius 1 is 1.60 bits per heavy atom. The molecule has 20 heavy (non-hydrogen) atoms. The molecule has 1 aliphatic rings. The van der Waals surface area contributed by atoms with Gasteiger partial charge >= 0.3 is 0 Å². The van der Waals surface area contributed by atoms with Gasteiger partial charge in [-0.25, -0.2) is 0 Å². The van der Waals surface area contributed by atoms with E-state index in [0.717, 1.165) is 6.07 Å². The van der Waals surface area contributed by atoms with Crippen molar-refractivity contribution >= 4 is 35.0 Å². The molecular weight excluding hydrogens is 302 g/mol. The third-order valence-corrected chi connectivity index (χ3v) is 4.18. The average Bonchev–Trinajstić information content (AvgIpc) is 2.46. The predicted molar refractivity (Wildman–Crippen MR) is 75.9 cm³/mol. The lowest BCUT2D eigenvalue weighted by Crippen LogP contribution is -2.45. The van der Waals surface area contributed by atoms with Gasteiger partial charge in [0.25, 0.3) is 11.6 Å². The minimum Gasteiger partial charge on any atom is -0.321 e. The Bertz CT molecular complexity index is 602. The fraction of sp³-hybridized carbons (Fsp3) is 0.333. The molecule has 0 aromatic heterocycles. The van der Waals surface area contributed by atoms with Gasteiger partial charge in [-0.15, -0.1) is 0 Å². The number of rotatable bonds is 2. The maximum atomic E-state index is 12.4. The van der Waals surface area contributed by atoms with Gasteiger partial charge in [-0.05, 0) is 12.1 Å². The number of benzene rings is 1. The molecule has 1 fully saturated rings. The van der Waals surface area contributed by atoms with E-state index >= 15 is 0 Å². The van der Waals surface area contributed by atoms with E-state index < -0.39 is 16.9 Å². The summed E-state index contributed by atoms with van der Waals surface area (Å²) in [5.41, 5.74) is -0.371. The van der Waals surface area contributed by atoms with Crippen LogP contribution < -0.4 is 0 Å². The number of carbonyl (C=O) groups is 1. The monoisotopic (exact) mass is 311 g/mol. The van der Waals surface area contributed by atoms with E-state index in [0.29, 0.717) is 18.1 Å². The number of amides is 1. The lowest BCUT2D eigenvalue weighted by molar-refractivity contribution is -0.385. The summed E-state index contributed by atoms with van der Waals surface area (Å²) in [6.07, 6.45) is 0. The van der Waals surface area contributed by atoms with Crippen molar-refractivity contribution in [2.75, 3.05) is 18.1 Å². The summed E-state index contributed by atoms with van der Waals surface area (Å²) < 4.78 is 0. The van der Waals surface area contributed by atoms with Crippen LogP contribution in [0.25, 0.3) is 0 Å². The fourth-order valence-electron chi connectivity index (χ4n) is 1.95. The van der Waals surface area contributed by atoms with Crippen molar-refractivity contribution < 1.29 is 9.72 Å². The van der Waals surface area contributed by atoms with Crippen molar-refractivity contribution in [1.82, 2.24) is 4.90 Å². The van der Waals surface area contributed by atoms with E-state index in [1.807, 2.05) is 0 Å². The van der Waals surface area contributed by atoms with Gasteiger partial charge in [-0.3, -0.25) is 14.9 Å². The minimum absolute atomic E-state index is 0.0356. The smallest absolute Gasteiger partial charge is 0.283 e. The van der Waals surface area contributed by atoms with Crippen LogP contribution >= 0.6 is 23.4 Å². The zero-order valence-electron chi connectivity index (χ0n) is 10.3. The molecule has 104 valence electrons. The number of hydrogen-bond donors (Lipinski definition) is 0. The highest BCUT2D eigenvalue weighted by atomic mass is 35.5. The summed E-state index contributed by atoms with van der Waals surface area (Å²) in [7, 11) is 0. The predicted octanol–water partition coefficient (Wildman–Crippen LogP) is 2.33. The van der Waals surface area contributed by atoms with Crippen molar-refractivity contribution in [1.29, 1.82) is 5.26 Å². The van der Waals surface area contributed by atoms with Crippen LogP contribution in [0, 0.1) is 21.4 Å². The Hall–Kier alpha value is -1.78. The van der Waals surface area contributed by atoms with Gasteiger partial charge in [-0.1, -0.05) is 11.6 Å². The Labute approximate surface area is 124 Å². The first-order valence-corrected chi connectivity index (χ1v) is 7.30. The lowest BCUT2D eigenvalue weighted by atomic mass is 10.1. The van der Waals surface area contributed by atoms with Crippen molar-refractivity contribution in [2.45, 2.75) is 6.04 Å². The largest absolute Gasteiger partial charge is 0.321 e. The summed E-state index contributed by atoms with van der Waals surface area (Å²) in [6, 6.07) is 5.41. The number of nitrogens with zero attached hydrogens (tertiary/aromatic N) is 3. The maximum Gasteiger partial charge on any atom is 0.283 e. The molecular formula is C12H10ClN3O3S. The maximum absolute atomic E-state index is 12.4.